The molecular weight excluding hydrogens is 364 g/mol. The van der Waals surface area contributed by atoms with Crippen molar-refractivity contribution in [1.82, 2.24) is 19.9 Å². The molecule has 1 amide bonds. The minimum absolute atomic E-state index is 0. The lowest BCUT2D eigenvalue weighted by Gasteiger charge is -2.40. The molecule has 0 radical (unpaired) electrons. The van der Waals surface area contributed by atoms with Crippen molar-refractivity contribution < 1.29 is 9.32 Å². The fraction of sp³-hybridized carbons (Fsp3) is 0.850. The Morgan fingerprint density at radius 1 is 1.15 bits per heavy atom. The average molecular weight is 399 g/mol. The van der Waals surface area contributed by atoms with Crippen LogP contribution in [0.4, 0.5) is 0 Å². The number of likely N-dealkylation sites (tertiary alicyclic amines) is 2. The molecule has 2 saturated heterocycles. The molecule has 0 aromatic carbocycles. The number of aromatic nitrogens is 2. The van der Waals surface area contributed by atoms with Crippen LogP contribution in [-0.2, 0) is 17.8 Å². The summed E-state index contributed by atoms with van der Waals surface area (Å²) in [6.45, 7) is 9.86. The molecule has 6 nitrogen and oxygen atoms in total. The van der Waals surface area contributed by atoms with E-state index in [4.69, 9.17) is 4.52 Å². The molecule has 0 spiro atoms. The molecule has 0 N–H and O–H groups in total. The first-order valence-corrected chi connectivity index (χ1v) is 10.3. The van der Waals surface area contributed by atoms with Crippen LogP contribution >= 0.6 is 12.4 Å². The summed E-state index contributed by atoms with van der Waals surface area (Å²) in [6.07, 6.45) is 8.03. The molecule has 7 heteroatoms. The SMILES string of the molecule is CC(=O)N1CCCCCC1C1CCN(Cc2nc(CC(C)C)no2)CC1.Cl. The van der Waals surface area contributed by atoms with E-state index in [0.717, 1.165) is 63.6 Å². The predicted molar refractivity (Wildman–Crippen MR) is 108 cm³/mol. The third-order valence-corrected chi connectivity index (χ3v) is 5.84. The van der Waals surface area contributed by atoms with Crippen LogP contribution in [0.2, 0.25) is 0 Å². The number of piperidine rings is 1. The van der Waals surface area contributed by atoms with E-state index in [2.05, 4.69) is 33.8 Å². The molecule has 2 aliphatic rings. The molecule has 1 unspecified atom stereocenters. The van der Waals surface area contributed by atoms with Crippen LogP contribution in [0.25, 0.3) is 0 Å². The Kier molecular flexibility index (Phi) is 8.55. The van der Waals surface area contributed by atoms with Crippen LogP contribution < -0.4 is 0 Å². The largest absolute Gasteiger partial charge is 0.340 e. The molecule has 2 fully saturated rings. The standard InChI is InChI=1S/C20H34N4O2.ClH/c1-15(2)13-19-21-20(26-22-19)14-23-11-8-17(9-12-23)18-7-5-4-6-10-24(18)16(3)25;/h15,17-18H,4-14H2,1-3H3;1H. The monoisotopic (exact) mass is 398 g/mol. The molecule has 2 aliphatic heterocycles. The number of carbonyl (C=O) groups is 1. The summed E-state index contributed by atoms with van der Waals surface area (Å²) in [5.41, 5.74) is 0. The summed E-state index contributed by atoms with van der Waals surface area (Å²) in [5.74, 6) is 2.98. The van der Waals surface area contributed by atoms with Crippen molar-refractivity contribution in [1.29, 1.82) is 0 Å². The molecule has 1 atom stereocenters. The van der Waals surface area contributed by atoms with Crippen LogP contribution in [-0.4, -0.2) is 51.5 Å². The summed E-state index contributed by atoms with van der Waals surface area (Å²) in [4.78, 5) is 21.2. The summed E-state index contributed by atoms with van der Waals surface area (Å²) >= 11 is 0. The number of nitrogens with zero attached hydrogens (tertiary/aromatic N) is 4. The van der Waals surface area contributed by atoms with Gasteiger partial charge >= 0.3 is 0 Å². The molecule has 1 aromatic heterocycles. The van der Waals surface area contributed by atoms with Gasteiger partial charge in [-0.25, -0.2) is 0 Å². The normalized spacial score (nSPS) is 22.5. The fourth-order valence-corrected chi connectivity index (χ4v) is 4.50. The third kappa shape index (κ3) is 6.18. The quantitative estimate of drug-likeness (QED) is 0.756. The summed E-state index contributed by atoms with van der Waals surface area (Å²) in [5, 5.41) is 4.09. The summed E-state index contributed by atoms with van der Waals surface area (Å²) < 4.78 is 5.42. The van der Waals surface area contributed by atoms with Crippen molar-refractivity contribution in [3.63, 3.8) is 0 Å². The second-order valence-electron chi connectivity index (χ2n) is 8.44. The van der Waals surface area contributed by atoms with Gasteiger partial charge in [-0.1, -0.05) is 31.8 Å². The highest BCUT2D eigenvalue weighted by Crippen LogP contribution is 2.30. The molecule has 1 aromatic rings. The highest BCUT2D eigenvalue weighted by molar-refractivity contribution is 5.85. The maximum Gasteiger partial charge on any atom is 0.240 e. The second-order valence-corrected chi connectivity index (χ2v) is 8.44. The van der Waals surface area contributed by atoms with Crippen molar-refractivity contribution in [2.24, 2.45) is 11.8 Å². The Bertz CT molecular complexity index is 584. The zero-order chi connectivity index (χ0) is 18.5. The first-order chi connectivity index (χ1) is 12.5. The lowest BCUT2D eigenvalue weighted by atomic mass is 9.86. The Balaban J connectivity index is 0.00000261. The number of carbonyl (C=O) groups excluding carboxylic acids is 1. The molecule has 3 heterocycles. The molecular formula is C20H35ClN4O2. The van der Waals surface area contributed by atoms with E-state index in [-0.39, 0.29) is 18.3 Å². The number of rotatable bonds is 5. The van der Waals surface area contributed by atoms with E-state index >= 15 is 0 Å². The molecule has 3 rings (SSSR count). The second kappa shape index (κ2) is 10.4. The van der Waals surface area contributed by atoms with Gasteiger partial charge in [0.25, 0.3) is 0 Å². The maximum atomic E-state index is 12.1. The van der Waals surface area contributed by atoms with Crippen molar-refractivity contribution in [2.75, 3.05) is 19.6 Å². The Hall–Kier alpha value is -1.14. The third-order valence-electron chi connectivity index (χ3n) is 5.84. The van der Waals surface area contributed by atoms with Crippen LogP contribution in [0.15, 0.2) is 4.52 Å². The predicted octanol–water partition coefficient (Wildman–Crippen LogP) is 3.69. The van der Waals surface area contributed by atoms with Crippen molar-refractivity contribution in [3.8, 4) is 0 Å². The Morgan fingerprint density at radius 2 is 1.89 bits per heavy atom. The number of halogens is 1. The van der Waals surface area contributed by atoms with E-state index in [9.17, 15) is 4.79 Å². The maximum absolute atomic E-state index is 12.1. The van der Waals surface area contributed by atoms with Crippen LogP contribution in [0, 0.1) is 11.8 Å². The van der Waals surface area contributed by atoms with Crippen LogP contribution in [0.5, 0.6) is 0 Å². The first kappa shape index (κ1) is 22.2. The van der Waals surface area contributed by atoms with Gasteiger partial charge in [-0.15, -0.1) is 12.4 Å². The minimum atomic E-state index is 0. The number of amides is 1. The highest BCUT2D eigenvalue weighted by Gasteiger charge is 2.33. The smallest absolute Gasteiger partial charge is 0.240 e. The van der Waals surface area contributed by atoms with E-state index in [0.29, 0.717) is 17.9 Å². The summed E-state index contributed by atoms with van der Waals surface area (Å²) in [6, 6.07) is 0.443. The van der Waals surface area contributed by atoms with Gasteiger partial charge in [-0.2, -0.15) is 4.98 Å². The van der Waals surface area contributed by atoms with Crippen molar-refractivity contribution in [2.45, 2.75) is 78.3 Å². The molecule has 0 bridgehead atoms. The Labute approximate surface area is 169 Å². The Morgan fingerprint density at radius 3 is 2.56 bits per heavy atom. The van der Waals surface area contributed by atoms with Gasteiger partial charge in [0.15, 0.2) is 5.82 Å². The zero-order valence-corrected chi connectivity index (χ0v) is 17.8. The van der Waals surface area contributed by atoms with Crippen LogP contribution in [0.3, 0.4) is 0 Å². The van der Waals surface area contributed by atoms with E-state index < -0.39 is 0 Å². The van der Waals surface area contributed by atoms with Gasteiger partial charge in [0.05, 0.1) is 6.54 Å². The van der Waals surface area contributed by atoms with Gasteiger partial charge in [-0.05, 0) is 50.6 Å². The van der Waals surface area contributed by atoms with Gasteiger partial charge in [0.2, 0.25) is 11.8 Å². The molecule has 27 heavy (non-hydrogen) atoms. The molecule has 0 aliphatic carbocycles. The van der Waals surface area contributed by atoms with E-state index in [1.807, 2.05) is 0 Å². The fourth-order valence-electron chi connectivity index (χ4n) is 4.50. The van der Waals surface area contributed by atoms with Gasteiger partial charge in [0, 0.05) is 25.9 Å². The summed E-state index contributed by atoms with van der Waals surface area (Å²) in [7, 11) is 0. The van der Waals surface area contributed by atoms with Gasteiger partial charge in [0.1, 0.15) is 0 Å². The lowest BCUT2D eigenvalue weighted by molar-refractivity contribution is -0.132. The highest BCUT2D eigenvalue weighted by atomic mass is 35.5. The molecule has 0 saturated carbocycles. The molecule has 154 valence electrons. The van der Waals surface area contributed by atoms with Crippen LogP contribution in [0.1, 0.15) is 71.0 Å². The number of hydrogen-bond donors (Lipinski definition) is 0. The van der Waals surface area contributed by atoms with E-state index in [1.165, 1.54) is 19.3 Å². The zero-order valence-electron chi connectivity index (χ0n) is 17.0. The van der Waals surface area contributed by atoms with E-state index in [1.54, 1.807) is 6.92 Å². The van der Waals surface area contributed by atoms with Crippen molar-refractivity contribution >= 4 is 18.3 Å². The van der Waals surface area contributed by atoms with Crippen molar-refractivity contribution in [3.05, 3.63) is 11.7 Å². The minimum Gasteiger partial charge on any atom is -0.340 e. The average Bonchev–Trinajstić information content (AvgIpc) is 2.88. The number of hydrogen-bond acceptors (Lipinski definition) is 5. The van der Waals surface area contributed by atoms with Gasteiger partial charge in [-0.3, -0.25) is 9.69 Å². The topological polar surface area (TPSA) is 62.5 Å². The lowest BCUT2D eigenvalue weighted by Crippen LogP contribution is -2.47. The van der Waals surface area contributed by atoms with Gasteiger partial charge < -0.3 is 9.42 Å². The first-order valence-electron chi connectivity index (χ1n) is 10.3.